The van der Waals surface area contributed by atoms with Crippen molar-refractivity contribution in [2.24, 2.45) is 0 Å². The maximum atomic E-state index is 12.8. The number of rotatable bonds is 22. The lowest BCUT2D eigenvalue weighted by Crippen LogP contribution is -2.12. The molecular formula is C85H86O18. The fourth-order valence-corrected chi connectivity index (χ4v) is 11.0. The summed E-state index contributed by atoms with van der Waals surface area (Å²) in [5.41, 5.74) is 13.0. The minimum Gasteiger partial charge on any atom is -0.508 e. The summed E-state index contributed by atoms with van der Waals surface area (Å²) in [5, 5.41) is 76.7. The molecule has 2 aliphatic carbocycles. The Morgan fingerprint density at radius 3 is 0.951 bits per heavy atom. The Morgan fingerprint density at radius 1 is 0.340 bits per heavy atom. The van der Waals surface area contributed by atoms with Gasteiger partial charge in [-0.05, 0) is 273 Å². The first-order chi connectivity index (χ1) is 49.2. The molecule has 0 heterocycles. The third-order valence-electron chi connectivity index (χ3n) is 16.9. The van der Waals surface area contributed by atoms with Crippen molar-refractivity contribution in [3.8, 4) is 69.0 Å². The molecule has 0 saturated heterocycles. The Hall–Kier alpha value is -12.2. The standard InChI is InChI=1S/C22H22O4.C21H24O6.C21H20O5.C21H20O3/c1-14-10-15(6-8-19(14)23)11-17-4-3-5-18(22(17)25)12-16-7-9-20(24)21(13-16)26-2;1-26-20-11-14(5-9-18(20)24)3-7-16(22)13-17(23)8-4-15-6-10-19(25)21(12-15)27-2;1-14-11-15(5-9-19(14)24)3-7-17(22)13-18(23)8-4-16-6-10-20(25)21(12-16)26-2;1-13-9-15(3-7-19(13)22)11-17-5-6-18(21(17)24)12-16-4-8-20(23)14(2)10-16/h6-13,23-24H,3-5H2,1-2H3;5-6,9-12,24-25H,3-4,7-8,13H2,1-2H3;3-12,24-25H,13H2,1-2H3;3-4,7-12,22-23H,5-6H2,1-2H3/b17-11+,18-12+;;7-3+,8-4+;17-11+,18-12+. The predicted molar refractivity (Wildman–Crippen MR) is 399 cm³/mol. The molecule has 0 aromatic heterocycles. The highest BCUT2D eigenvalue weighted by Gasteiger charge is 2.24. The van der Waals surface area contributed by atoms with E-state index in [9.17, 15) is 69.6 Å². The van der Waals surface area contributed by atoms with Crippen LogP contribution in [0.2, 0.25) is 0 Å². The Balaban J connectivity index is 0.000000192. The summed E-state index contributed by atoms with van der Waals surface area (Å²) in [7, 11) is 5.87. The van der Waals surface area contributed by atoms with Crippen LogP contribution in [0, 0.1) is 27.7 Å². The average Bonchev–Trinajstić information content (AvgIpc) is 1.80. The van der Waals surface area contributed by atoms with Gasteiger partial charge in [0, 0.05) is 35.1 Å². The zero-order valence-corrected chi connectivity index (χ0v) is 58.9. The molecule has 0 amide bonds. The molecule has 10 rings (SSSR count). The van der Waals surface area contributed by atoms with Crippen LogP contribution in [0.3, 0.4) is 0 Å². The van der Waals surface area contributed by atoms with E-state index in [1.54, 1.807) is 110 Å². The molecule has 0 unspecified atom stereocenters. The molecule has 0 spiro atoms. The van der Waals surface area contributed by atoms with Crippen LogP contribution in [0.1, 0.15) is 125 Å². The van der Waals surface area contributed by atoms with Crippen molar-refractivity contribution in [3.63, 3.8) is 0 Å². The number of hydrogen-bond donors (Lipinski definition) is 8. The molecule has 103 heavy (non-hydrogen) atoms. The molecule has 18 nitrogen and oxygen atoms in total. The van der Waals surface area contributed by atoms with Crippen LogP contribution in [-0.2, 0) is 41.6 Å². The van der Waals surface area contributed by atoms with Gasteiger partial charge in [0.2, 0.25) is 0 Å². The smallest absolute Gasteiger partial charge is 0.185 e. The topological polar surface area (TPSA) is 301 Å². The van der Waals surface area contributed by atoms with E-state index in [1.807, 2.05) is 81.5 Å². The molecular weight excluding hydrogens is 1310 g/mol. The molecule has 8 aromatic rings. The van der Waals surface area contributed by atoms with Crippen molar-refractivity contribution in [1.82, 2.24) is 0 Å². The third-order valence-corrected chi connectivity index (χ3v) is 16.9. The Bertz CT molecular complexity index is 4490. The minimum atomic E-state index is -0.325. The van der Waals surface area contributed by atoms with Gasteiger partial charge >= 0.3 is 0 Å². The van der Waals surface area contributed by atoms with E-state index in [0.29, 0.717) is 47.0 Å². The number of methoxy groups -OCH3 is 4. The van der Waals surface area contributed by atoms with Crippen LogP contribution in [0.5, 0.6) is 69.0 Å². The van der Waals surface area contributed by atoms with Crippen molar-refractivity contribution in [1.29, 1.82) is 0 Å². The number of ketones is 6. The average molecular weight is 1400 g/mol. The summed E-state index contributed by atoms with van der Waals surface area (Å²) in [6.07, 6.45) is 18.4. The number of aryl methyl sites for hydroxylation is 6. The number of Topliss-reactive ketones (excluding diaryl/α,β-unsaturated/α-hetero) is 4. The van der Waals surface area contributed by atoms with Crippen molar-refractivity contribution >= 4 is 71.2 Å². The Labute approximate surface area is 599 Å². The van der Waals surface area contributed by atoms with E-state index in [1.165, 1.54) is 58.8 Å². The quantitative estimate of drug-likeness (QED) is 0.0231. The number of phenolic OH excluding ortho intramolecular Hbond substituents is 8. The summed E-state index contributed by atoms with van der Waals surface area (Å²) in [6, 6.07) is 40.6. The summed E-state index contributed by atoms with van der Waals surface area (Å²) in [6.45, 7) is 7.28. The molecule has 0 radical (unpaired) electrons. The van der Waals surface area contributed by atoms with Gasteiger partial charge in [0.1, 0.15) is 34.6 Å². The van der Waals surface area contributed by atoms with Gasteiger partial charge in [-0.2, -0.15) is 0 Å². The summed E-state index contributed by atoms with van der Waals surface area (Å²) >= 11 is 0. The molecule has 0 atom stereocenters. The van der Waals surface area contributed by atoms with Gasteiger partial charge in [-0.15, -0.1) is 0 Å². The number of benzene rings is 8. The van der Waals surface area contributed by atoms with Gasteiger partial charge in [-0.1, -0.05) is 60.7 Å². The molecule has 2 aliphatic rings. The molecule has 0 aliphatic heterocycles. The van der Waals surface area contributed by atoms with Crippen LogP contribution in [0.25, 0.3) is 36.5 Å². The second kappa shape index (κ2) is 37.9. The molecule has 534 valence electrons. The maximum absolute atomic E-state index is 12.8. The number of ether oxygens (including phenoxy) is 4. The monoisotopic (exact) mass is 1390 g/mol. The first-order valence-electron chi connectivity index (χ1n) is 33.2. The third kappa shape index (κ3) is 23.7. The van der Waals surface area contributed by atoms with Gasteiger partial charge in [0.25, 0.3) is 0 Å². The normalized spacial score (nSPS) is 14.2. The van der Waals surface area contributed by atoms with E-state index in [-0.39, 0.29) is 106 Å². The second-order valence-electron chi connectivity index (χ2n) is 24.8. The van der Waals surface area contributed by atoms with E-state index in [2.05, 4.69) is 0 Å². The highest BCUT2D eigenvalue weighted by atomic mass is 16.5. The number of hydrogen-bond acceptors (Lipinski definition) is 18. The first kappa shape index (κ1) is 78.2. The van der Waals surface area contributed by atoms with Gasteiger partial charge < -0.3 is 59.8 Å². The highest BCUT2D eigenvalue weighted by molar-refractivity contribution is 6.16. The van der Waals surface area contributed by atoms with E-state index in [0.717, 1.165) is 110 Å². The van der Waals surface area contributed by atoms with Crippen molar-refractivity contribution < 1.29 is 88.6 Å². The van der Waals surface area contributed by atoms with Gasteiger partial charge in [-0.25, -0.2) is 0 Å². The zero-order valence-electron chi connectivity index (χ0n) is 58.9. The van der Waals surface area contributed by atoms with Crippen LogP contribution in [-0.4, -0.2) is 104 Å². The fraction of sp³-hybridized carbons (Fsp3) is 0.224. The number of carbonyl (C=O) groups is 6. The number of phenols is 8. The van der Waals surface area contributed by atoms with Gasteiger partial charge in [-0.3, -0.25) is 28.8 Å². The largest absolute Gasteiger partial charge is 0.508 e. The van der Waals surface area contributed by atoms with Crippen LogP contribution >= 0.6 is 0 Å². The lowest BCUT2D eigenvalue weighted by Gasteiger charge is -2.17. The SMILES string of the molecule is COc1cc(/C=C/C(=O)CC(=O)/C=C/c2ccc(O)c(C)c2)ccc1O.COc1cc(/C=C2\CCC/C(=C\c3ccc(O)c(C)c3)C2=O)ccc1O.COc1cc(CCC(=O)CC(=O)CCc2ccc(O)c(OC)c2)ccc1O.Cc1cc(/C=C2\CC/C(=C\c3ccc(O)c(C)c3)C2=O)ccc1O. The van der Waals surface area contributed by atoms with Gasteiger partial charge in [0.15, 0.2) is 69.1 Å². The summed E-state index contributed by atoms with van der Waals surface area (Å²) < 4.78 is 20.2. The van der Waals surface area contributed by atoms with Crippen LogP contribution in [0.4, 0.5) is 0 Å². The lowest BCUT2D eigenvalue weighted by atomic mass is 9.86. The maximum Gasteiger partial charge on any atom is 0.185 e. The number of carbonyl (C=O) groups excluding carboxylic acids is 6. The zero-order chi connectivity index (χ0) is 74.9. The van der Waals surface area contributed by atoms with E-state index < -0.39 is 0 Å². The Kier molecular flexibility index (Phi) is 28.7. The lowest BCUT2D eigenvalue weighted by molar-refractivity contribution is -0.127. The summed E-state index contributed by atoms with van der Waals surface area (Å²) in [5.74, 6) is 1.84. The highest BCUT2D eigenvalue weighted by Crippen LogP contribution is 2.35. The number of aromatic hydroxyl groups is 8. The molecule has 8 aromatic carbocycles. The molecule has 8 N–H and O–H groups in total. The molecule has 0 bridgehead atoms. The van der Waals surface area contributed by atoms with E-state index >= 15 is 0 Å². The van der Waals surface area contributed by atoms with E-state index in [4.69, 9.17) is 18.9 Å². The molecule has 18 heteroatoms. The van der Waals surface area contributed by atoms with Crippen LogP contribution in [0.15, 0.2) is 180 Å². The minimum absolute atomic E-state index is 0.0146. The van der Waals surface area contributed by atoms with Crippen molar-refractivity contribution in [3.05, 3.63) is 247 Å². The second-order valence-corrected chi connectivity index (χ2v) is 24.8. The summed E-state index contributed by atoms with van der Waals surface area (Å²) in [4.78, 5) is 73.3. The van der Waals surface area contributed by atoms with Crippen molar-refractivity contribution in [2.45, 2.75) is 98.3 Å². The fourth-order valence-electron chi connectivity index (χ4n) is 11.0. The molecule has 2 fully saturated rings. The van der Waals surface area contributed by atoms with Crippen molar-refractivity contribution in [2.75, 3.05) is 28.4 Å². The first-order valence-corrected chi connectivity index (χ1v) is 33.2. The van der Waals surface area contributed by atoms with Crippen LogP contribution < -0.4 is 18.9 Å². The Morgan fingerprint density at radius 2 is 0.612 bits per heavy atom. The predicted octanol–water partition coefficient (Wildman–Crippen LogP) is 16.1. The molecule has 2 saturated carbocycles. The van der Waals surface area contributed by atoms with Gasteiger partial charge in [0.05, 0.1) is 41.3 Å². The number of allylic oxidation sites excluding steroid dienone is 6.